The highest BCUT2D eigenvalue weighted by Gasteiger charge is 2.33. The number of benzene rings is 2. The van der Waals surface area contributed by atoms with Gasteiger partial charge < -0.3 is 19.3 Å². The molecule has 1 fully saturated rings. The average molecular weight is 486 g/mol. The molecule has 1 saturated heterocycles. The van der Waals surface area contributed by atoms with Gasteiger partial charge in [-0.15, -0.1) is 5.10 Å². The van der Waals surface area contributed by atoms with Crippen LogP contribution in [0.5, 0.6) is 11.5 Å². The fraction of sp³-hybridized carbons (Fsp3) is 0.304. The summed E-state index contributed by atoms with van der Waals surface area (Å²) in [6.07, 6.45) is 1.37. The van der Waals surface area contributed by atoms with Crippen molar-refractivity contribution in [3.05, 3.63) is 65.0 Å². The van der Waals surface area contributed by atoms with Crippen molar-refractivity contribution in [2.45, 2.75) is 13.0 Å². The number of hydrogen-bond acceptors (Lipinski definition) is 6. The first-order valence-corrected chi connectivity index (χ1v) is 11.2. The van der Waals surface area contributed by atoms with Crippen molar-refractivity contribution >= 4 is 23.4 Å². The van der Waals surface area contributed by atoms with Gasteiger partial charge in [-0.3, -0.25) is 9.59 Å². The average Bonchev–Trinajstić information content (AvgIpc) is 3.33. The monoisotopic (exact) mass is 485 g/mol. The summed E-state index contributed by atoms with van der Waals surface area (Å²) in [5.41, 5.74) is 0.866. The Morgan fingerprint density at radius 1 is 1.12 bits per heavy atom. The third-order valence-electron chi connectivity index (χ3n) is 5.78. The van der Waals surface area contributed by atoms with Crippen LogP contribution < -0.4 is 9.47 Å². The number of halogens is 2. The molecule has 5 rings (SSSR count). The summed E-state index contributed by atoms with van der Waals surface area (Å²) in [6, 6.07) is 8.82. The lowest BCUT2D eigenvalue weighted by Crippen LogP contribution is -2.55. The van der Waals surface area contributed by atoms with E-state index in [1.165, 1.54) is 23.1 Å². The van der Waals surface area contributed by atoms with Crippen LogP contribution in [0, 0.1) is 5.82 Å². The SMILES string of the molecule is CC1CN(C(=O)c2ncn(-c3cccc(F)c3)n2)CCN1C(=O)c1cc(Cl)c2c(c1)OCCO2. The lowest BCUT2D eigenvalue weighted by Gasteiger charge is -2.39. The maximum absolute atomic E-state index is 13.5. The van der Waals surface area contributed by atoms with Gasteiger partial charge in [-0.25, -0.2) is 14.1 Å². The van der Waals surface area contributed by atoms with Gasteiger partial charge in [0.15, 0.2) is 11.5 Å². The van der Waals surface area contributed by atoms with E-state index < -0.39 is 5.82 Å². The number of fused-ring (bicyclic) bond motifs is 1. The van der Waals surface area contributed by atoms with Gasteiger partial charge in [0, 0.05) is 31.2 Å². The maximum atomic E-state index is 13.5. The Morgan fingerprint density at radius 3 is 2.74 bits per heavy atom. The minimum absolute atomic E-state index is 0.00913. The highest BCUT2D eigenvalue weighted by Crippen LogP contribution is 2.38. The summed E-state index contributed by atoms with van der Waals surface area (Å²) in [5, 5.41) is 4.52. The van der Waals surface area contributed by atoms with Crippen LogP contribution in [0.3, 0.4) is 0 Å². The standard InChI is InChI=1S/C23H21ClFN5O4/c1-14-12-28(23(32)21-26-13-30(27-21)17-4-2-3-16(25)11-17)5-6-29(14)22(31)15-9-18(24)20-19(10-15)33-7-8-34-20/h2-4,9-11,13-14H,5-8,12H2,1H3. The largest absolute Gasteiger partial charge is 0.486 e. The fourth-order valence-electron chi connectivity index (χ4n) is 4.09. The lowest BCUT2D eigenvalue weighted by atomic mass is 10.1. The van der Waals surface area contributed by atoms with E-state index in [9.17, 15) is 14.0 Å². The molecule has 1 aromatic heterocycles. The molecule has 2 aliphatic rings. The molecular weight excluding hydrogens is 465 g/mol. The van der Waals surface area contributed by atoms with Gasteiger partial charge in [-0.1, -0.05) is 17.7 Å². The van der Waals surface area contributed by atoms with Crippen molar-refractivity contribution < 1.29 is 23.5 Å². The molecule has 3 aromatic rings. The highest BCUT2D eigenvalue weighted by molar-refractivity contribution is 6.32. The molecule has 176 valence electrons. The van der Waals surface area contributed by atoms with Gasteiger partial charge in [0.05, 0.1) is 10.7 Å². The second kappa shape index (κ2) is 8.94. The van der Waals surface area contributed by atoms with E-state index in [-0.39, 0.29) is 23.7 Å². The number of amides is 2. The molecule has 0 aliphatic carbocycles. The minimum Gasteiger partial charge on any atom is -0.486 e. The van der Waals surface area contributed by atoms with Gasteiger partial charge in [0.1, 0.15) is 25.4 Å². The highest BCUT2D eigenvalue weighted by atomic mass is 35.5. The van der Waals surface area contributed by atoms with Gasteiger partial charge in [0.2, 0.25) is 5.82 Å². The molecule has 0 spiro atoms. The zero-order valence-corrected chi connectivity index (χ0v) is 19.0. The molecule has 11 heteroatoms. The van der Waals surface area contributed by atoms with E-state index in [1.54, 1.807) is 34.1 Å². The van der Waals surface area contributed by atoms with Gasteiger partial charge in [-0.2, -0.15) is 0 Å². The van der Waals surface area contributed by atoms with E-state index in [0.29, 0.717) is 60.6 Å². The Bertz CT molecular complexity index is 1270. The first kappa shape index (κ1) is 22.1. The van der Waals surface area contributed by atoms with E-state index in [4.69, 9.17) is 21.1 Å². The molecule has 0 saturated carbocycles. The Morgan fingerprint density at radius 2 is 1.94 bits per heavy atom. The molecule has 0 radical (unpaired) electrons. The van der Waals surface area contributed by atoms with Crippen molar-refractivity contribution in [3.8, 4) is 17.2 Å². The molecule has 2 aromatic carbocycles. The molecule has 2 amide bonds. The first-order chi connectivity index (χ1) is 16.4. The normalized spacial score (nSPS) is 17.6. The Labute approximate surface area is 199 Å². The molecule has 1 atom stereocenters. The van der Waals surface area contributed by atoms with Gasteiger partial charge in [-0.05, 0) is 37.3 Å². The quantitative estimate of drug-likeness (QED) is 0.566. The summed E-state index contributed by atoms with van der Waals surface area (Å²) in [7, 11) is 0. The molecule has 0 N–H and O–H groups in total. The second-order valence-electron chi connectivity index (χ2n) is 8.07. The Hall–Kier alpha value is -3.66. The molecule has 1 unspecified atom stereocenters. The molecule has 2 aliphatic heterocycles. The van der Waals surface area contributed by atoms with Crippen molar-refractivity contribution in [1.29, 1.82) is 0 Å². The first-order valence-electron chi connectivity index (χ1n) is 10.8. The minimum atomic E-state index is -0.408. The summed E-state index contributed by atoms with van der Waals surface area (Å²) >= 11 is 6.29. The fourth-order valence-corrected chi connectivity index (χ4v) is 4.35. The van der Waals surface area contributed by atoms with Gasteiger partial charge >= 0.3 is 0 Å². The number of aromatic nitrogens is 3. The van der Waals surface area contributed by atoms with Crippen molar-refractivity contribution in [2.75, 3.05) is 32.8 Å². The van der Waals surface area contributed by atoms with Crippen LogP contribution in [-0.2, 0) is 0 Å². The number of rotatable bonds is 3. The van der Waals surface area contributed by atoms with Crippen LogP contribution in [0.15, 0.2) is 42.7 Å². The molecule has 0 bridgehead atoms. The molecule has 9 nitrogen and oxygen atoms in total. The smallest absolute Gasteiger partial charge is 0.293 e. The second-order valence-corrected chi connectivity index (χ2v) is 8.48. The number of carbonyl (C=O) groups is 2. The number of hydrogen-bond donors (Lipinski definition) is 0. The van der Waals surface area contributed by atoms with Crippen LogP contribution in [0.2, 0.25) is 5.02 Å². The summed E-state index contributed by atoms with van der Waals surface area (Å²) in [6.45, 7) is 3.64. The molecule has 34 heavy (non-hydrogen) atoms. The van der Waals surface area contributed by atoms with Crippen LogP contribution in [0.25, 0.3) is 5.69 Å². The van der Waals surface area contributed by atoms with E-state index in [0.717, 1.165) is 0 Å². The summed E-state index contributed by atoms with van der Waals surface area (Å²) in [4.78, 5) is 33.6. The zero-order valence-electron chi connectivity index (χ0n) is 18.3. The van der Waals surface area contributed by atoms with Crippen molar-refractivity contribution in [1.82, 2.24) is 24.6 Å². The van der Waals surface area contributed by atoms with Crippen LogP contribution in [0.1, 0.15) is 27.9 Å². The zero-order chi connectivity index (χ0) is 23.8. The topological polar surface area (TPSA) is 89.8 Å². The summed E-state index contributed by atoms with van der Waals surface area (Å²) in [5.74, 6) is -0.0604. The third kappa shape index (κ3) is 4.16. The van der Waals surface area contributed by atoms with Gasteiger partial charge in [0.25, 0.3) is 11.8 Å². The Kier molecular flexibility index (Phi) is 5.82. The third-order valence-corrected chi connectivity index (χ3v) is 6.06. The molecular formula is C23H21ClFN5O4. The van der Waals surface area contributed by atoms with Crippen LogP contribution in [-0.4, -0.2) is 75.3 Å². The van der Waals surface area contributed by atoms with Crippen molar-refractivity contribution in [2.24, 2.45) is 0 Å². The number of carbonyl (C=O) groups excluding carboxylic acids is 2. The molecule has 3 heterocycles. The van der Waals surface area contributed by atoms with E-state index >= 15 is 0 Å². The number of piperazine rings is 1. The van der Waals surface area contributed by atoms with E-state index in [2.05, 4.69) is 10.1 Å². The van der Waals surface area contributed by atoms with E-state index in [1.807, 2.05) is 6.92 Å². The maximum Gasteiger partial charge on any atom is 0.293 e. The number of nitrogens with zero attached hydrogens (tertiary/aromatic N) is 5. The van der Waals surface area contributed by atoms with Crippen molar-refractivity contribution in [3.63, 3.8) is 0 Å². The number of ether oxygens (including phenoxy) is 2. The predicted molar refractivity (Wildman–Crippen MR) is 120 cm³/mol. The van der Waals surface area contributed by atoms with Crippen LogP contribution >= 0.6 is 11.6 Å². The van der Waals surface area contributed by atoms with Crippen LogP contribution in [0.4, 0.5) is 4.39 Å². The lowest BCUT2D eigenvalue weighted by molar-refractivity contribution is 0.0408. The summed E-state index contributed by atoms with van der Waals surface area (Å²) < 4.78 is 25.9. The Balaban J connectivity index is 1.27. The predicted octanol–water partition coefficient (Wildman–Crippen LogP) is 2.82.